The van der Waals surface area contributed by atoms with E-state index in [1.54, 1.807) is 11.3 Å². The molecule has 0 unspecified atom stereocenters. The van der Waals surface area contributed by atoms with Crippen LogP contribution < -0.4 is 10.6 Å². The lowest BCUT2D eigenvalue weighted by Gasteiger charge is -2.29. The smallest absolute Gasteiger partial charge is 0.185 e. The van der Waals surface area contributed by atoms with E-state index in [1.165, 1.54) is 11.1 Å². The molecule has 3 rings (SSSR count). The number of hydrogen-bond acceptors (Lipinski definition) is 5. The van der Waals surface area contributed by atoms with Gasteiger partial charge < -0.3 is 10.6 Å². The second-order valence-electron chi connectivity index (χ2n) is 4.72. The summed E-state index contributed by atoms with van der Waals surface area (Å²) in [5.41, 5.74) is 9.58. The van der Waals surface area contributed by atoms with Crippen molar-refractivity contribution >= 4 is 27.9 Å². The molecule has 2 N–H and O–H groups in total. The molecule has 98 valence electrons. The SMILES string of the molecule is CC1=C(c2ccc(N)nc2)CN(c2nccs2)CC1. The van der Waals surface area contributed by atoms with E-state index in [1.807, 2.05) is 29.9 Å². The molecule has 2 aromatic rings. The molecular formula is C14H16N4S. The highest BCUT2D eigenvalue weighted by Gasteiger charge is 2.19. The topological polar surface area (TPSA) is 55.0 Å². The number of rotatable bonds is 2. The van der Waals surface area contributed by atoms with E-state index >= 15 is 0 Å². The van der Waals surface area contributed by atoms with Crippen molar-refractivity contribution in [2.24, 2.45) is 0 Å². The molecule has 1 aliphatic rings. The van der Waals surface area contributed by atoms with Gasteiger partial charge >= 0.3 is 0 Å². The Bertz CT molecular complexity index is 586. The van der Waals surface area contributed by atoms with E-state index in [9.17, 15) is 0 Å². The summed E-state index contributed by atoms with van der Waals surface area (Å²) < 4.78 is 0. The fourth-order valence-corrected chi connectivity index (χ4v) is 2.99. The van der Waals surface area contributed by atoms with E-state index < -0.39 is 0 Å². The van der Waals surface area contributed by atoms with E-state index in [0.29, 0.717) is 5.82 Å². The molecule has 4 nitrogen and oxygen atoms in total. The van der Waals surface area contributed by atoms with Crippen molar-refractivity contribution in [1.82, 2.24) is 9.97 Å². The number of aromatic nitrogens is 2. The minimum absolute atomic E-state index is 0.564. The Morgan fingerprint density at radius 1 is 1.32 bits per heavy atom. The summed E-state index contributed by atoms with van der Waals surface area (Å²) in [7, 11) is 0. The second kappa shape index (κ2) is 5.01. The van der Waals surface area contributed by atoms with Crippen molar-refractivity contribution in [2.75, 3.05) is 23.7 Å². The summed E-state index contributed by atoms with van der Waals surface area (Å²) in [6.45, 7) is 4.13. The van der Waals surface area contributed by atoms with Crippen molar-refractivity contribution in [3.8, 4) is 0 Å². The van der Waals surface area contributed by atoms with Crippen LogP contribution in [0.25, 0.3) is 5.57 Å². The molecule has 0 saturated heterocycles. The molecule has 3 heterocycles. The van der Waals surface area contributed by atoms with E-state index in [-0.39, 0.29) is 0 Å². The third kappa shape index (κ3) is 2.46. The van der Waals surface area contributed by atoms with Gasteiger partial charge in [-0.05, 0) is 36.6 Å². The van der Waals surface area contributed by atoms with Crippen LogP contribution in [0.2, 0.25) is 0 Å². The number of hydrogen-bond donors (Lipinski definition) is 1. The van der Waals surface area contributed by atoms with Crippen molar-refractivity contribution in [2.45, 2.75) is 13.3 Å². The van der Waals surface area contributed by atoms with Gasteiger partial charge in [-0.15, -0.1) is 11.3 Å². The average Bonchev–Trinajstić information content (AvgIpc) is 2.94. The summed E-state index contributed by atoms with van der Waals surface area (Å²) in [6.07, 6.45) is 4.79. The van der Waals surface area contributed by atoms with Crippen molar-refractivity contribution in [3.05, 3.63) is 41.0 Å². The predicted octanol–water partition coefficient (Wildman–Crippen LogP) is 2.80. The largest absolute Gasteiger partial charge is 0.384 e. The highest BCUT2D eigenvalue weighted by atomic mass is 32.1. The summed E-state index contributed by atoms with van der Waals surface area (Å²) in [5, 5.41) is 3.11. The van der Waals surface area contributed by atoms with Crippen LogP contribution in [0, 0.1) is 0 Å². The molecule has 0 radical (unpaired) electrons. The molecular weight excluding hydrogens is 256 g/mol. The van der Waals surface area contributed by atoms with Gasteiger partial charge in [0.25, 0.3) is 0 Å². The maximum absolute atomic E-state index is 5.65. The maximum Gasteiger partial charge on any atom is 0.185 e. The first-order valence-corrected chi connectivity index (χ1v) is 7.17. The van der Waals surface area contributed by atoms with Gasteiger partial charge in [0.05, 0.1) is 0 Å². The Kier molecular flexibility index (Phi) is 3.21. The van der Waals surface area contributed by atoms with E-state index in [2.05, 4.69) is 21.8 Å². The number of nitrogens with two attached hydrogens (primary N) is 1. The quantitative estimate of drug-likeness (QED) is 0.913. The number of pyridine rings is 1. The van der Waals surface area contributed by atoms with Crippen LogP contribution in [0.4, 0.5) is 10.9 Å². The van der Waals surface area contributed by atoms with Gasteiger partial charge in [-0.25, -0.2) is 9.97 Å². The minimum Gasteiger partial charge on any atom is -0.384 e. The second-order valence-corrected chi connectivity index (χ2v) is 5.59. The maximum atomic E-state index is 5.65. The summed E-state index contributed by atoms with van der Waals surface area (Å²) in [4.78, 5) is 10.9. The Labute approximate surface area is 116 Å². The molecule has 0 atom stereocenters. The van der Waals surface area contributed by atoms with Crippen LogP contribution in [0.5, 0.6) is 0 Å². The molecule has 5 heteroatoms. The summed E-state index contributed by atoms with van der Waals surface area (Å²) in [5.74, 6) is 0.564. The third-order valence-corrected chi connectivity index (χ3v) is 4.28. The van der Waals surface area contributed by atoms with Crippen LogP contribution in [0.3, 0.4) is 0 Å². The van der Waals surface area contributed by atoms with Gasteiger partial charge in [-0.1, -0.05) is 5.57 Å². The van der Waals surface area contributed by atoms with Gasteiger partial charge in [0.15, 0.2) is 5.13 Å². The minimum atomic E-state index is 0.564. The van der Waals surface area contributed by atoms with Crippen LogP contribution in [0.1, 0.15) is 18.9 Å². The van der Waals surface area contributed by atoms with Gasteiger partial charge in [-0.2, -0.15) is 0 Å². The van der Waals surface area contributed by atoms with E-state index in [0.717, 1.165) is 30.2 Å². The van der Waals surface area contributed by atoms with Gasteiger partial charge in [0.1, 0.15) is 5.82 Å². The molecule has 0 fully saturated rings. The van der Waals surface area contributed by atoms with E-state index in [4.69, 9.17) is 5.73 Å². The van der Waals surface area contributed by atoms with Gasteiger partial charge in [0.2, 0.25) is 0 Å². The molecule has 2 aromatic heterocycles. The van der Waals surface area contributed by atoms with Crippen molar-refractivity contribution in [3.63, 3.8) is 0 Å². The molecule has 0 aromatic carbocycles. The zero-order valence-electron chi connectivity index (χ0n) is 10.8. The molecule has 0 spiro atoms. The number of anilines is 2. The Hall–Kier alpha value is -1.88. The highest BCUT2D eigenvalue weighted by Crippen LogP contribution is 2.30. The lowest BCUT2D eigenvalue weighted by molar-refractivity contribution is 0.795. The summed E-state index contributed by atoms with van der Waals surface area (Å²) >= 11 is 1.69. The molecule has 1 aliphatic heterocycles. The molecule has 0 amide bonds. The lowest BCUT2D eigenvalue weighted by atomic mass is 9.96. The predicted molar refractivity (Wildman–Crippen MR) is 80.2 cm³/mol. The molecule has 0 bridgehead atoms. The van der Waals surface area contributed by atoms with Gasteiger partial charge in [-0.3, -0.25) is 0 Å². The fraction of sp³-hybridized carbons (Fsp3) is 0.286. The number of thiazole rings is 1. The standard InChI is InChI=1S/C14H16N4S/c1-10-4-6-18(14-16-5-7-19-14)9-12(10)11-2-3-13(15)17-8-11/h2-3,5,7-8H,4,6,9H2,1H3,(H2,15,17). The lowest BCUT2D eigenvalue weighted by Crippen LogP contribution is -2.30. The molecule has 0 aliphatic carbocycles. The average molecular weight is 272 g/mol. The monoisotopic (exact) mass is 272 g/mol. The van der Waals surface area contributed by atoms with Crippen LogP contribution >= 0.6 is 11.3 Å². The normalized spacial score (nSPS) is 15.9. The number of nitrogen functional groups attached to an aromatic ring is 1. The Morgan fingerprint density at radius 2 is 2.21 bits per heavy atom. The zero-order valence-corrected chi connectivity index (χ0v) is 11.7. The van der Waals surface area contributed by atoms with Gasteiger partial charge in [0, 0.05) is 30.9 Å². The first-order valence-electron chi connectivity index (χ1n) is 6.29. The fourth-order valence-electron chi connectivity index (χ4n) is 2.32. The van der Waals surface area contributed by atoms with Crippen molar-refractivity contribution in [1.29, 1.82) is 0 Å². The Morgan fingerprint density at radius 3 is 2.89 bits per heavy atom. The summed E-state index contributed by atoms with van der Waals surface area (Å²) in [6, 6.07) is 3.91. The molecule has 19 heavy (non-hydrogen) atoms. The van der Waals surface area contributed by atoms with Crippen LogP contribution in [-0.4, -0.2) is 23.1 Å². The Balaban J connectivity index is 1.89. The van der Waals surface area contributed by atoms with Crippen LogP contribution in [-0.2, 0) is 0 Å². The van der Waals surface area contributed by atoms with Crippen LogP contribution in [0.15, 0.2) is 35.5 Å². The van der Waals surface area contributed by atoms with Crippen molar-refractivity contribution < 1.29 is 0 Å². The first-order chi connectivity index (χ1) is 9.24. The number of nitrogens with zero attached hydrogens (tertiary/aromatic N) is 3. The zero-order chi connectivity index (χ0) is 13.2. The first kappa shape index (κ1) is 12.2. The third-order valence-electron chi connectivity index (χ3n) is 3.45. The highest BCUT2D eigenvalue weighted by molar-refractivity contribution is 7.13. The molecule has 0 saturated carbocycles.